The second-order valence-corrected chi connectivity index (χ2v) is 7.16. The van der Waals surface area contributed by atoms with Crippen LogP contribution in [0.5, 0.6) is 5.75 Å². The first-order valence-corrected chi connectivity index (χ1v) is 9.43. The number of ether oxygens (including phenoxy) is 1. The maximum absolute atomic E-state index is 13.8. The highest BCUT2D eigenvalue weighted by Crippen LogP contribution is 2.24. The lowest BCUT2D eigenvalue weighted by molar-refractivity contribution is 0.102. The SMILES string of the molecule is COc1ccc(C(=O)CSc2nnc(C(C)C)n2Cc2ccco2)cc1F. The van der Waals surface area contributed by atoms with E-state index in [1.165, 1.54) is 31.0 Å². The van der Waals surface area contributed by atoms with Gasteiger partial charge in [0.15, 0.2) is 22.5 Å². The monoisotopic (exact) mass is 389 g/mol. The topological polar surface area (TPSA) is 70.2 Å². The fourth-order valence-electron chi connectivity index (χ4n) is 2.59. The van der Waals surface area contributed by atoms with E-state index in [2.05, 4.69) is 10.2 Å². The molecule has 0 unspecified atom stereocenters. The average Bonchev–Trinajstić information content (AvgIpc) is 3.30. The normalized spacial score (nSPS) is 11.1. The quantitative estimate of drug-likeness (QED) is 0.425. The van der Waals surface area contributed by atoms with Crippen LogP contribution in [0, 0.1) is 5.82 Å². The number of methoxy groups -OCH3 is 1. The summed E-state index contributed by atoms with van der Waals surface area (Å²) >= 11 is 1.27. The van der Waals surface area contributed by atoms with Gasteiger partial charge in [-0.3, -0.25) is 9.36 Å². The third-order valence-corrected chi connectivity index (χ3v) is 4.93. The highest BCUT2D eigenvalue weighted by atomic mass is 32.2. The van der Waals surface area contributed by atoms with Crippen molar-refractivity contribution >= 4 is 17.5 Å². The molecule has 0 atom stereocenters. The molecule has 8 heteroatoms. The number of rotatable bonds is 8. The summed E-state index contributed by atoms with van der Waals surface area (Å²) in [5, 5.41) is 9.09. The molecule has 3 aromatic rings. The summed E-state index contributed by atoms with van der Waals surface area (Å²) in [6, 6.07) is 7.89. The molecule has 6 nitrogen and oxygen atoms in total. The van der Waals surface area contributed by atoms with Crippen LogP contribution in [0.4, 0.5) is 4.39 Å². The molecule has 2 aromatic heterocycles. The van der Waals surface area contributed by atoms with Gasteiger partial charge in [-0.05, 0) is 30.3 Å². The van der Waals surface area contributed by atoms with Gasteiger partial charge in [0.2, 0.25) is 0 Å². The van der Waals surface area contributed by atoms with E-state index in [4.69, 9.17) is 9.15 Å². The summed E-state index contributed by atoms with van der Waals surface area (Å²) in [7, 11) is 1.38. The number of hydrogen-bond donors (Lipinski definition) is 0. The number of nitrogens with zero attached hydrogens (tertiary/aromatic N) is 3. The molecule has 0 spiro atoms. The summed E-state index contributed by atoms with van der Waals surface area (Å²) in [5.74, 6) is 1.25. The van der Waals surface area contributed by atoms with Crippen LogP contribution in [0.3, 0.4) is 0 Å². The summed E-state index contributed by atoms with van der Waals surface area (Å²) in [6.45, 7) is 4.55. The van der Waals surface area contributed by atoms with Crippen molar-refractivity contribution in [1.29, 1.82) is 0 Å². The van der Waals surface area contributed by atoms with Gasteiger partial charge in [-0.25, -0.2) is 4.39 Å². The molecule has 0 radical (unpaired) electrons. The molecule has 0 saturated carbocycles. The van der Waals surface area contributed by atoms with Crippen LogP contribution in [0.25, 0.3) is 0 Å². The van der Waals surface area contributed by atoms with Gasteiger partial charge < -0.3 is 9.15 Å². The zero-order chi connectivity index (χ0) is 19.4. The first-order chi connectivity index (χ1) is 13.0. The van der Waals surface area contributed by atoms with Crippen LogP contribution in [0.1, 0.15) is 41.7 Å². The van der Waals surface area contributed by atoms with Gasteiger partial charge in [-0.2, -0.15) is 0 Å². The Morgan fingerprint density at radius 2 is 2.15 bits per heavy atom. The molecule has 1 aromatic carbocycles. The molecule has 3 rings (SSSR count). The third-order valence-electron chi connectivity index (χ3n) is 3.96. The summed E-state index contributed by atoms with van der Waals surface area (Å²) in [6.07, 6.45) is 1.61. The summed E-state index contributed by atoms with van der Waals surface area (Å²) in [5.41, 5.74) is 0.294. The number of furan rings is 1. The Bertz CT molecular complexity index is 922. The lowest BCUT2D eigenvalue weighted by atomic mass is 10.1. The number of ketones is 1. The van der Waals surface area contributed by atoms with Crippen LogP contribution < -0.4 is 4.74 Å². The molecule has 0 aliphatic rings. The molecule has 27 heavy (non-hydrogen) atoms. The average molecular weight is 389 g/mol. The minimum atomic E-state index is -0.559. The van der Waals surface area contributed by atoms with Crippen molar-refractivity contribution in [3.8, 4) is 5.75 Å². The van der Waals surface area contributed by atoms with Gasteiger partial charge in [-0.1, -0.05) is 25.6 Å². The highest BCUT2D eigenvalue weighted by molar-refractivity contribution is 7.99. The van der Waals surface area contributed by atoms with E-state index in [1.54, 1.807) is 12.3 Å². The molecular weight excluding hydrogens is 369 g/mol. The molecule has 0 fully saturated rings. The van der Waals surface area contributed by atoms with E-state index < -0.39 is 5.82 Å². The van der Waals surface area contributed by atoms with E-state index in [9.17, 15) is 9.18 Å². The number of halogens is 1. The first-order valence-electron chi connectivity index (χ1n) is 8.44. The van der Waals surface area contributed by atoms with Crippen LogP contribution >= 0.6 is 11.8 Å². The molecule has 0 aliphatic carbocycles. The number of Topliss-reactive ketones (excluding diaryl/α,β-unsaturated/α-hetero) is 1. The van der Waals surface area contributed by atoms with Crippen molar-refractivity contribution in [3.05, 3.63) is 59.6 Å². The van der Waals surface area contributed by atoms with Crippen LogP contribution in [-0.2, 0) is 6.54 Å². The number of thioether (sulfide) groups is 1. The smallest absolute Gasteiger partial charge is 0.192 e. The van der Waals surface area contributed by atoms with E-state index >= 15 is 0 Å². The molecule has 0 N–H and O–H groups in total. The fraction of sp³-hybridized carbons (Fsp3) is 0.316. The Morgan fingerprint density at radius 3 is 2.78 bits per heavy atom. The maximum atomic E-state index is 13.8. The predicted molar refractivity (Wildman–Crippen MR) is 99.9 cm³/mol. The fourth-order valence-corrected chi connectivity index (χ4v) is 3.43. The van der Waals surface area contributed by atoms with Gasteiger partial charge in [-0.15, -0.1) is 10.2 Å². The predicted octanol–water partition coefficient (Wildman–Crippen LogP) is 4.17. The van der Waals surface area contributed by atoms with Crippen molar-refractivity contribution in [2.24, 2.45) is 0 Å². The second kappa shape index (κ2) is 8.39. The van der Waals surface area contributed by atoms with Crippen LogP contribution in [-0.4, -0.2) is 33.4 Å². The standard InChI is InChI=1S/C19H20FN3O3S/c1-12(2)18-21-22-19(23(18)10-14-5-4-8-26-14)27-11-16(24)13-6-7-17(25-3)15(20)9-13/h4-9,12H,10-11H2,1-3H3. The Kier molecular flexibility index (Phi) is 5.95. The molecule has 0 aliphatic heterocycles. The third kappa shape index (κ3) is 4.39. The van der Waals surface area contributed by atoms with Crippen molar-refractivity contribution in [1.82, 2.24) is 14.8 Å². The van der Waals surface area contributed by atoms with Crippen molar-refractivity contribution in [2.75, 3.05) is 12.9 Å². The largest absolute Gasteiger partial charge is 0.494 e. The zero-order valence-corrected chi connectivity index (χ0v) is 16.1. The molecular formula is C19H20FN3O3S. The zero-order valence-electron chi connectivity index (χ0n) is 15.3. The molecule has 0 amide bonds. The molecule has 142 valence electrons. The first kappa shape index (κ1) is 19.2. The van der Waals surface area contributed by atoms with Gasteiger partial charge in [0.25, 0.3) is 0 Å². The molecule has 0 bridgehead atoms. The Morgan fingerprint density at radius 1 is 1.33 bits per heavy atom. The van der Waals surface area contributed by atoms with Crippen molar-refractivity contribution < 1.29 is 18.3 Å². The lowest BCUT2D eigenvalue weighted by Gasteiger charge is -2.10. The number of aromatic nitrogens is 3. The van der Waals surface area contributed by atoms with E-state index in [0.29, 0.717) is 17.3 Å². The van der Waals surface area contributed by atoms with E-state index in [1.807, 2.05) is 30.5 Å². The minimum absolute atomic E-state index is 0.110. The van der Waals surface area contributed by atoms with Crippen molar-refractivity contribution in [2.45, 2.75) is 31.5 Å². The van der Waals surface area contributed by atoms with E-state index in [0.717, 1.165) is 11.6 Å². The Hall–Kier alpha value is -2.61. The van der Waals surface area contributed by atoms with E-state index in [-0.39, 0.29) is 23.2 Å². The van der Waals surface area contributed by atoms with Crippen molar-refractivity contribution in [3.63, 3.8) is 0 Å². The van der Waals surface area contributed by atoms with Gasteiger partial charge in [0.05, 0.1) is 25.7 Å². The van der Waals surface area contributed by atoms with Gasteiger partial charge in [0, 0.05) is 11.5 Å². The van der Waals surface area contributed by atoms with Gasteiger partial charge >= 0.3 is 0 Å². The number of benzene rings is 1. The summed E-state index contributed by atoms with van der Waals surface area (Å²) in [4.78, 5) is 12.4. The minimum Gasteiger partial charge on any atom is -0.494 e. The number of carbonyl (C=O) groups excluding carboxylic acids is 1. The number of carbonyl (C=O) groups is 1. The van der Waals surface area contributed by atoms with Gasteiger partial charge in [0.1, 0.15) is 11.6 Å². The maximum Gasteiger partial charge on any atom is 0.192 e. The van der Waals surface area contributed by atoms with Crippen LogP contribution in [0.15, 0.2) is 46.2 Å². The Balaban J connectivity index is 1.75. The Labute approximate surface area is 160 Å². The van der Waals surface area contributed by atoms with Crippen LogP contribution in [0.2, 0.25) is 0 Å². The number of hydrogen-bond acceptors (Lipinski definition) is 6. The summed E-state index contributed by atoms with van der Waals surface area (Å²) < 4.78 is 26.1. The molecule has 0 saturated heterocycles. The highest BCUT2D eigenvalue weighted by Gasteiger charge is 2.18. The lowest BCUT2D eigenvalue weighted by Crippen LogP contribution is -2.09. The molecule has 2 heterocycles. The second-order valence-electron chi connectivity index (χ2n) is 6.22.